The van der Waals surface area contributed by atoms with E-state index in [0.717, 1.165) is 24.6 Å². The molecule has 0 aliphatic heterocycles. The van der Waals surface area contributed by atoms with Crippen molar-refractivity contribution in [1.29, 1.82) is 0 Å². The molecule has 2 aromatic heterocycles. The fourth-order valence-electron chi connectivity index (χ4n) is 1.63. The molecule has 0 atom stereocenters. The molecule has 0 aliphatic rings. The van der Waals surface area contributed by atoms with Crippen molar-refractivity contribution in [3.63, 3.8) is 0 Å². The molecule has 0 fully saturated rings. The maximum atomic E-state index is 4.41. The van der Waals surface area contributed by atoms with Crippen molar-refractivity contribution in [1.82, 2.24) is 14.6 Å². The Bertz CT molecular complexity index is 480. The van der Waals surface area contributed by atoms with Crippen molar-refractivity contribution in [2.24, 2.45) is 0 Å². The van der Waals surface area contributed by atoms with E-state index in [0.29, 0.717) is 0 Å². The normalized spacial score (nSPS) is 10.9. The highest BCUT2D eigenvalue weighted by atomic mass is 32.2. The van der Waals surface area contributed by atoms with E-state index >= 15 is 0 Å². The minimum atomic E-state index is 0.722. The van der Waals surface area contributed by atoms with Gasteiger partial charge < -0.3 is 5.32 Å². The number of aromatic nitrogens is 3. The first-order valence-corrected chi connectivity index (χ1v) is 7.25. The zero-order valence-corrected chi connectivity index (χ0v) is 11.1. The summed E-state index contributed by atoms with van der Waals surface area (Å²) in [5.41, 5.74) is 2.08. The molecule has 0 spiro atoms. The van der Waals surface area contributed by atoms with E-state index in [4.69, 9.17) is 0 Å². The summed E-state index contributed by atoms with van der Waals surface area (Å²) in [6.07, 6.45) is 6.52. The van der Waals surface area contributed by atoms with Crippen LogP contribution in [0.1, 0.15) is 18.4 Å². The van der Waals surface area contributed by atoms with Crippen LogP contribution in [0, 0.1) is 6.92 Å². The van der Waals surface area contributed by atoms with Crippen LogP contribution >= 0.6 is 11.8 Å². The molecule has 0 bridgehead atoms. The molecule has 0 amide bonds. The number of hydrogen-bond donors (Lipinski definition) is 1. The molecule has 0 aromatic carbocycles. The summed E-state index contributed by atoms with van der Waals surface area (Å²) in [4.78, 5) is 4.41. The van der Waals surface area contributed by atoms with E-state index in [-0.39, 0.29) is 0 Å². The number of aryl methyl sites for hydroxylation is 1. The standard InChI is InChI=1S/C12H18N4S/c1-10-5-6-11-14-12(15-16(11)9-10)13-7-3-4-8-17-2/h5-6,9H,3-4,7-8H2,1-2H3,(H,13,15). The second-order valence-corrected chi connectivity index (χ2v) is 5.06. The van der Waals surface area contributed by atoms with Gasteiger partial charge in [0.2, 0.25) is 5.95 Å². The van der Waals surface area contributed by atoms with Gasteiger partial charge in [-0.05, 0) is 43.4 Å². The highest BCUT2D eigenvalue weighted by Gasteiger charge is 2.01. The summed E-state index contributed by atoms with van der Waals surface area (Å²) in [5, 5.41) is 7.64. The monoisotopic (exact) mass is 250 g/mol. The van der Waals surface area contributed by atoms with Crippen molar-refractivity contribution >= 4 is 23.4 Å². The van der Waals surface area contributed by atoms with Gasteiger partial charge in [0, 0.05) is 12.7 Å². The summed E-state index contributed by atoms with van der Waals surface area (Å²) in [6.45, 7) is 2.99. The highest BCUT2D eigenvalue weighted by molar-refractivity contribution is 7.98. The van der Waals surface area contributed by atoms with E-state index in [9.17, 15) is 0 Å². The first-order chi connectivity index (χ1) is 8.29. The second-order valence-electron chi connectivity index (χ2n) is 4.07. The Morgan fingerprint density at radius 3 is 3.06 bits per heavy atom. The molecule has 0 radical (unpaired) electrons. The number of nitrogens with one attached hydrogen (secondary N) is 1. The number of unbranched alkanes of at least 4 members (excludes halogenated alkanes) is 1. The van der Waals surface area contributed by atoms with Gasteiger partial charge in [-0.15, -0.1) is 5.10 Å². The fourth-order valence-corrected chi connectivity index (χ4v) is 2.13. The number of anilines is 1. The van der Waals surface area contributed by atoms with Gasteiger partial charge in [-0.3, -0.25) is 0 Å². The lowest BCUT2D eigenvalue weighted by Crippen LogP contribution is -2.03. The van der Waals surface area contributed by atoms with Gasteiger partial charge in [0.05, 0.1) is 0 Å². The maximum absolute atomic E-state index is 4.41. The largest absolute Gasteiger partial charge is 0.353 e. The Balaban J connectivity index is 1.91. The van der Waals surface area contributed by atoms with Gasteiger partial charge in [-0.1, -0.05) is 6.07 Å². The first-order valence-electron chi connectivity index (χ1n) is 5.85. The third kappa shape index (κ3) is 3.36. The average molecular weight is 250 g/mol. The zero-order chi connectivity index (χ0) is 12.1. The number of pyridine rings is 1. The number of nitrogens with zero attached hydrogens (tertiary/aromatic N) is 3. The van der Waals surface area contributed by atoms with E-state index < -0.39 is 0 Å². The van der Waals surface area contributed by atoms with Crippen LogP contribution in [0.3, 0.4) is 0 Å². The van der Waals surface area contributed by atoms with E-state index in [1.807, 2.05) is 34.6 Å². The second kappa shape index (κ2) is 5.91. The highest BCUT2D eigenvalue weighted by Crippen LogP contribution is 2.07. The molecule has 0 unspecified atom stereocenters. The Kier molecular flexibility index (Phi) is 4.25. The summed E-state index contributed by atoms with van der Waals surface area (Å²) in [7, 11) is 0. The van der Waals surface area contributed by atoms with Crippen LogP contribution in [0.25, 0.3) is 5.65 Å². The van der Waals surface area contributed by atoms with Crippen LogP contribution in [0.2, 0.25) is 0 Å². The van der Waals surface area contributed by atoms with E-state index in [1.165, 1.54) is 17.7 Å². The number of thioether (sulfide) groups is 1. The fraction of sp³-hybridized carbons (Fsp3) is 0.500. The molecule has 2 aromatic rings. The molecule has 2 rings (SSSR count). The van der Waals surface area contributed by atoms with Crippen LogP contribution in [-0.4, -0.2) is 33.2 Å². The van der Waals surface area contributed by atoms with Gasteiger partial charge >= 0.3 is 0 Å². The van der Waals surface area contributed by atoms with Gasteiger partial charge in [0.25, 0.3) is 0 Å². The van der Waals surface area contributed by atoms with Gasteiger partial charge in [-0.25, -0.2) is 4.52 Å². The molecule has 92 valence electrons. The quantitative estimate of drug-likeness (QED) is 0.800. The van der Waals surface area contributed by atoms with Crippen molar-refractivity contribution < 1.29 is 0 Å². The van der Waals surface area contributed by atoms with Gasteiger partial charge in [0.1, 0.15) is 0 Å². The van der Waals surface area contributed by atoms with Crippen molar-refractivity contribution in [2.45, 2.75) is 19.8 Å². The molecule has 4 nitrogen and oxygen atoms in total. The minimum absolute atomic E-state index is 0.722. The van der Waals surface area contributed by atoms with Gasteiger partial charge in [-0.2, -0.15) is 16.7 Å². The molecule has 17 heavy (non-hydrogen) atoms. The lowest BCUT2D eigenvalue weighted by Gasteiger charge is -1.99. The summed E-state index contributed by atoms with van der Waals surface area (Å²) in [5.74, 6) is 1.94. The lowest BCUT2D eigenvalue weighted by atomic mass is 10.3. The molecule has 2 heterocycles. The molecule has 0 saturated heterocycles. The SMILES string of the molecule is CSCCCCNc1nc2ccc(C)cn2n1. The van der Waals surface area contributed by atoms with E-state index in [1.54, 1.807) is 0 Å². The number of rotatable bonds is 6. The number of hydrogen-bond acceptors (Lipinski definition) is 4. The van der Waals surface area contributed by atoms with Crippen LogP contribution < -0.4 is 5.32 Å². The van der Waals surface area contributed by atoms with Crippen LogP contribution in [0.5, 0.6) is 0 Å². The molecule has 0 aliphatic carbocycles. The smallest absolute Gasteiger partial charge is 0.243 e. The Morgan fingerprint density at radius 1 is 1.35 bits per heavy atom. The molecule has 1 N–H and O–H groups in total. The van der Waals surface area contributed by atoms with Crippen LogP contribution in [-0.2, 0) is 0 Å². The minimum Gasteiger partial charge on any atom is -0.353 e. The van der Waals surface area contributed by atoms with Crippen LogP contribution in [0.4, 0.5) is 5.95 Å². The third-order valence-corrected chi connectivity index (χ3v) is 3.23. The molecule has 5 heteroatoms. The van der Waals surface area contributed by atoms with Crippen molar-refractivity contribution in [3.8, 4) is 0 Å². The Labute approximate surface area is 106 Å². The predicted octanol–water partition coefficient (Wildman–Crippen LogP) is 2.59. The third-order valence-electron chi connectivity index (χ3n) is 2.54. The average Bonchev–Trinajstić information content (AvgIpc) is 2.70. The van der Waals surface area contributed by atoms with Crippen molar-refractivity contribution in [2.75, 3.05) is 23.9 Å². The number of fused-ring (bicyclic) bond motifs is 1. The summed E-state index contributed by atoms with van der Waals surface area (Å²) >= 11 is 1.89. The van der Waals surface area contributed by atoms with Crippen molar-refractivity contribution in [3.05, 3.63) is 23.9 Å². The molecular formula is C12H18N4S. The first kappa shape index (κ1) is 12.2. The molecule has 0 saturated carbocycles. The Morgan fingerprint density at radius 2 is 2.24 bits per heavy atom. The predicted molar refractivity (Wildman–Crippen MR) is 73.8 cm³/mol. The topological polar surface area (TPSA) is 42.2 Å². The summed E-state index contributed by atoms with van der Waals surface area (Å²) in [6, 6.07) is 4.04. The zero-order valence-electron chi connectivity index (χ0n) is 10.3. The lowest BCUT2D eigenvalue weighted by molar-refractivity contribution is 0.832. The summed E-state index contributed by atoms with van der Waals surface area (Å²) < 4.78 is 1.82. The van der Waals surface area contributed by atoms with Crippen LogP contribution in [0.15, 0.2) is 18.3 Å². The molecular weight excluding hydrogens is 232 g/mol. The van der Waals surface area contributed by atoms with E-state index in [2.05, 4.69) is 28.6 Å². The Hall–Kier alpha value is -1.23. The maximum Gasteiger partial charge on any atom is 0.243 e. The van der Waals surface area contributed by atoms with Gasteiger partial charge in [0.15, 0.2) is 5.65 Å².